The Morgan fingerprint density at radius 3 is 2.58 bits per heavy atom. The summed E-state index contributed by atoms with van der Waals surface area (Å²) in [6.07, 6.45) is 1.06. The summed E-state index contributed by atoms with van der Waals surface area (Å²) >= 11 is 1.48. The van der Waals surface area contributed by atoms with E-state index >= 15 is 0 Å². The molecule has 0 aliphatic rings. The van der Waals surface area contributed by atoms with E-state index in [1.807, 2.05) is 6.92 Å². The van der Waals surface area contributed by atoms with Crippen molar-refractivity contribution in [3.63, 3.8) is 0 Å². The van der Waals surface area contributed by atoms with E-state index in [4.69, 9.17) is 5.73 Å². The van der Waals surface area contributed by atoms with E-state index in [2.05, 4.69) is 4.98 Å². The molecule has 3 N–H and O–H groups in total. The number of nitrogens with two attached hydrogens (primary N) is 1. The van der Waals surface area contributed by atoms with Crippen molar-refractivity contribution in [2.75, 3.05) is 0 Å². The molecule has 1 aromatic heterocycles. The second-order valence-electron chi connectivity index (χ2n) is 3.51. The maximum absolute atomic E-state index is 9.72. The fourth-order valence-corrected chi connectivity index (χ4v) is 1.84. The molecule has 1 heterocycles. The minimum Gasteiger partial charge on any atom is -0.386 e. The van der Waals surface area contributed by atoms with E-state index in [1.165, 1.54) is 11.3 Å². The van der Waals surface area contributed by atoms with E-state index in [9.17, 15) is 5.11 Å². The van der Waals surface area contributed by atoms with E-state index in [0.29, 0.717) is 0 Å². The number of nitrogens with zero attached hydrogens (tertiary/aromatic N) is 1. The van der Waals surface area contributed by atoms with Crippen LogP contribution in [0.4, 0.5) is 0 Å². The van der Waals surface area contributed by atoms with E-state index in [0.717, 1.165) is 9.88 Å². The minimum atomic E-state index is -0.622. The van der Waals surface area contributed by atoms with E-state index in [-0.39, 0.29) is 0 Å². The SMILES string of the molecule is Cc1ncc(C(O)C(C)(C)N)s1. The number of thiazole rings is 1. The maximum atomic E-state index is 9.72. The largest absolute Gasteiger partial charge is 0.386 e. The highest BCUT2D eigenvalue weighted by atomic mass is 32.1. The standard InChI is InChI=1S/C8H14N2OS/c1-5-10-4-6(12-5)7(11)8(2,3)9/h4,7,11H,9H2,1-3H3. The zero-order valence-electron chi connectivity index (χ0n) is 7.53. The molecule has 0 aromatic carbocycles. The summed E-state index contributed by atoms with van der Waals surface area (Å²) in [5.41, 5.74) is 5.15. The first-order chi connectivity index (χ1) is 5.41. The van der Waals surface area contributed by atoms with Crippen LogP contribution in [0.15, 0.2) is 6.20 Å². The van der Waals surface area contributed by atoms with Gasteiger partial charge in [0.25, 0.3) is 0 Å². The van der Waals surface area contributed by atoms with Gasteiger partial charge in [0, 0.05) is 11.7 Å². The lowest BCUT2D eigenvalue weighted by atomic mass is 9.98. The van der Waals surface area contributed by atoms with Gasteiger partial charge < -0.3 is 10.8 Å². The third-order valence-corrected chi connectivity index (χ3v) is 2.58. The van der Waals surface area contributed by atoms with Crippen molar-refractivity contribution in [2.24, 2.45) is 5.73 Å². The smallest absolute Gasteiger partial charge is 0.107 e. The molecular weight excluding hydrogens is 172 g/mol. The van der Waals surface area contributed by atoms with Crippen LogP contribution in [0.5, 0.6) is 0 Å². The topological polar surface area (TPSA) is 59.1 Å². The summed E-state index contributed by atoms with van der Waals surface area (Å²) in [6, 6.07) is 0. The maximum Gasteiger partial charge on any atom is 0.107 e. The van der Waals surface area contributed by atoms with Gasteiger partial charge in [0.05, 0.1) is 9.88 Å². The van der Waals surface area contributed by atoms with Crippen LogP contribution in [-0.4, -0.2) is 15.6 Å². The lowest BCUT2D eigenvalue weighted by molar-refractivity contribution is 0.108. The van der Waals surface area contributed by atoms with Gasteiger partial charge in [-0.2, -0.15) is 0 Å². The molecule has 0 saturated heterocycles. The Kier molecular flexibility index (Phi) is 2.51. The molecule has 0 fully saturated rings. The van der Waals surface area contributed by atoms with Crippen molar-refractivity contribution >= 4 is 11.3 Å². The molecule has 1 rings (SSSR count). The van der Waals surface area contributed by atoms with Crippen molar-refractivity contribution in [1.82, 2.24) is 4.98 Å². The van der Waals surface area contributed by atoms with Gasteiger partial charge in [0.1, 0.15) is 6.10 Å². The Morgan fingerprint density at radius 1 is 1.67 bits per heavy atom. The zero-order chi connectivity index (χ0) is 9.35. The van der Waals surface area contributed by atoms with Crippen molar-refractivity contribution in [1.29, 1.82) is 0 Å². The number of aryl methyl sites for hydroxylation is 1. The van der Waals surface area contributed by atoms with E-state index in [1.54, 1.807) is 20.0 Å². The van der Waals surface area contributed by atoms with Crippen LogP contribution in [0.2, 0.25) is 0 Å². The Labute approximate surface area is 76.3 Å². The average Bonchev–Trinajstić information content (AvgIpc) is 2.32. The predicted molar refractivity (Wildman–Crippen MR) is 50.1 cm³/mol. The van der Waals surface area contributed by atoms with Gasteiger partial charge in [-0.1, -0.05) is 0 Å². The van der Waals surface area contributed by atoms with Crippen molar-refractivity contribution in [2.45, 2.75) is 32.4 Å². The Hall–Kier alpha value is -0.450. The van der Waals surface area contributed by atoms with Crippen LogP contribution in [0.3, 0.4) is 0 Å². The predicted octanol–water partition coefficient (Wildman–Crippen LogP) is 1.22. The number of aliphatic hydroxyl groups excluding tert-OH is 1. The lowest BCUT2D eigenvalue weighted by Crippen LogP contribution is -2.38. The highest BCUT2D eigenvalue weighted by molar-refractivity contribution is 7.11. The molecule has 0 amide bonds. The van der Waals surface area contributed by atoms with Crippen LogP contribution in [0, 0.1) is 6.92 Å². The minimum absolute atomic E-state index is 0.598. The molecule has 1 unspecified atom stereocenters. The highest BCUT2D eigenvalue weighted by Gasteiger charge is 2.25. The van der Waals surface area contributed by atoms with Crippen LogP contribution in [0.25, 0.3) is 0 Å². The molecular formula is C8H14N2OS. The molecule has 0 radical (unpaired) electrons. The van der Waals surface area contributed by atoms with Crippen molar-refractivity contribution in [3.8, 4) is 0 Å². The number of aliphatic hydroxyl groups is 1. The van der Waals surface area contributed by atoms with Gasteiger partial charge in [-0.15, -0.1) is 11.3 Å². The Morgan fingerprint density at radius 2 is 2.25 bits per heavy atom. The van der Waals surface area contributed by atoms with Gasteiger partial charge >= 0.3 is 0 Å². The normalized spacial score (nSPS) is 14.8. The zero-order valence-corrected chi connectivity index (χ0v) is 8.35. The first-order valence-corrected chi connectivity index (χ1v) is 4.62. The molecule has 4 heteroatoms. The Bertz CT molecular complexity index is 264. The summed E-state index contributed by atoms with van der Waals surface area (Å²) in [7, 11) is 0. The number of aromatic nitrogens is 1. The number of hydrogen-bond donors (Lipinski definition) is 2. The summed E-state index contributed by atoms with van der Waals surface area (Å²) in [4.78, 5) is 4.89. The molecule has 1 atom stereocenters. The monoisotopic (exact) mass is 186 g/mol. The molecule has 1 aromatic rings. The molecule has 68 valence electrons. The Balaban J connectivity index is 2.85. The van der Waals surface area contributed by atoms with Gasteiger partial charge in [0.15, 0.2) is 0 Å². The third kappa shape index (κ3) is 2.03. The fraction of sp³-hybridized carbons (Fsp3) is 0.625. The van der Waals surface area contributed by atoms with Crippen LogP contribution >= 0.6 is 11.3 Å². The van der Waals surface area contributed by atoms with Gasteiger partial charge in [-0.05, 0) is 20.8 Å². The molecule has 12 heavy (non-hydrogen) atoms. The highest BCUT2D eigenvalue weighted by Crippen LogP contribution is 2.27. The lowest BCUT2D eigenvalue weighted by Gasteiger charge is -2.24. The summed E-state index contributed by atoms with van der Waals surface area (Å²) in [6.45, 7) is 5.50. The first kappa shape index (κ1) is 9.64. The van der Waals surface area contributed by atoms with Gasteiger partial charge in [-0.3, -0.25) is 0 Å². The summed E-state index contributed by atoms with van der Waals surface area (Å²) in [5.74, 6) is 0. The van der Waals surface area contributed by atoms with Crippen molar-refractivity contribution < 1.29 is 5.11 Å². The second-order valence-corrected chi connectivity index (χ2v) is 4.77. The third-order valence-electron chi connectivity index (χ3n) is 1.61. The molecule has 3 nitrogen and oxygen atoms in total. The number of hydrogen-bond acceptors (Lipinski definition) is 4. The quantitative estimate of drug-likeness (QED) is 0.730. The number of rotatable bonds is 2. The van der Waals surface area contributed by atoms with Crippen LogP contribution < -0.4 is 5.73 Å². The van der Waals surface area contributed by atoms with Crippen LogP contribution in [-0.2, 0) is 0 Å². The average molecular weight is 186 g/mol. The molecule has 0 aliphatic heterocycles. The van der Waals surface area contributed by atoms with Crippen LogP contribution in [0.1, 0.15) is 29.8 Å². The molecule has 0 saturated carbocycles. The van der Waals surface area contributed by atoms with Crippen molar-refractivity contribution in [3.05, 3.63) is 16.1 Å². The summed E-state index contributed by atoms with van der Waals surface area (Å²) < 4.78 is 0. The molecule has 0 aliphatic carbocycles. The van der Waals surface area contributed by atoms with E-state index < -0.39 is 11.6 Å². The van der Waals surface area contributed by atoms with Gasteiger partial charge in [-0.25, -0.2) is 4.98 Å². The molecule has 0 bridgehead atoms. The molecule has 0 spiro atoms. The second kappa shape index (κ2) is 3.12. The van der Waals surface area contributed by atoms with Gasteiger partial charge in [0.2, 0.25) is 0 Å². The summed E-state index contributed by atoms with van der Waals surface area (Å²) in [5, 5.41) is 10.7. The fourth-order valence-electron chi connectivity index (χ4n) is 0.871. The first-order valence-electron chi connectivity index (χ1n) is 3.80.